The normalized spacial score (nSPS) is 17.5. The number of nitrogens with one attached hydrogen (secondary N) is 1. The maximum Gasteiger partial charge on any atom is 0.242 e. The summed E-state index contributed by atoms with van der Waals surface area (Å²) < 4.78 is 0. The van der Waals surface area contributed by atoms with Crippen molar-refractivity contribution in [1.29, 1.82) is 0 Å². The number of hydrogen-bond donors (Lipinski definition) is 1. The van der Waals surface area contributed by atoms with Gasteiger partial charge in [0.25, 0.3) is 0 Å². The Hall–Kier alpha value is -2.28. The van der Waals surface area contributed by atoms with Gasteiger partial charge in [-0.05, 0) is 49.2 Å². The van der Waals surface area contributed by atoms with Crippen LogP contribution in [0.15, 0.2) is 54.0 Å². The van der Waals surface area contributed by atoms with Crippen LogP contribution in [0.3, 0.4) is 0 Å². The number of carbonyl (C=O) groups excluding carboxylic acids is 2. The number of carbonyl (C=O) groups is 2. The summed E-state index contributed by atoms with van der Waals surface area (Å²) in [5.41, 5.74) is 3.47. The number of hydrogen-bond acceptors (Lipinski definition) is 4. The molecule has 1 N–H and O–H groups in total. The van der Waals surface area contributed by atoms with Crippen LogP contribution < -0.4 is 5.32 Å². The summed E-state index contributed by atoms with van der Waals surface area (Å²) in [7, 11) is 0. The Kier molecular flexibility index (Phi) is 7.23. The van der Waals surface area contributed by atoms with Crippen LogP contribution in [0.5, 0.6) is 0 Å². The second-order valence-corrected chi connectivity index (χ2v) is 8.82. The smallest absolute Gasteiger partial charge is 0.242 e. The molecule has 2 aromatic rings. The number of nitrogens with zero attached hydrogens (tertiary/aromatic N) is 2. The molecular formula is C22H21Cl2N3O2S. The zero-order valence-electron chi connectivity index (χ0n) is 16.6. The lowest BCUT2D eigenvalue weighted by Gasteiger charge is -2.14. The molecule has 0 spiro atoms. The standard InChI is InChI=1S/C22H21Cl2N3O2S/c1-4-10-27-21(29)18(12-19(28)26-17-7-5-6-16(23)20(17)24)30-22(27)25-15-9-8-13(2)14(3)11-15/h4-9,11,18H,1,10,12H2,2-3H3,(H,26,28). The van der Waals surface area contributed by atoms with E-state index in [4.69, 9.17) is 23.2 Å². The Morgan fingerprint density at radius 2 is 2.03 bits per heavy atom. The second-order valence-electron chi connectivity index (χ2n) is 6.86. The molecule has 1 unspecified atom stereocenters. The fourth-order valence-electron chi connectivity index (χ4n) is 2.90. The number of anilines is 1. The summed E-state index contributed by atoms with van der Waals surface area (Å²) in [6, 6.07) is 10.9. The molecule has 8 heteroatoms. The lowest BCUT2D eigenvalue weighted by molar-refractivity contribution is -0.127. The Morgan fingerprint density at radius 1 is 1.27 bits per heavy atom. The van der Waals surface area contributed by atoms with E-state index < -0.39 is 5.25 Å². The molecule has 2 aromatic carbocycles. The van der Waals surface area contributed by atoms with Gasteiger partial charge in [-0.1, -0.05) is 53.2 Å². The van der Waals surface area contributed by atoms with Gasteiger partial charge in [-0.3, -0.25) is 14.5 Å². The van der Waals surface area contributed by atoms with Crippen molar-refractivity contribution in [3.05, 3.63) is 70.2 Å². The maximum absolute atomic E-state index is 12.9. The summed E-state index contributed by atoms with van der Waals surface area (Å²) >= 11 is 13.4. The minimum Gasteiger partial charge on any atom is -0.325 e. The van der Waals surface area contributed by atoms with Crippen LogP contribution in [0, 0.1) is 13.8 Å². The van der Waals surface area contributed by atoms with E-state index in [2.05, 4.69) is 16.9 Å². The van der Waals surface area contributed by atoms with E-state index in [-0.39, 0.29) is 23.3 Å². The Bertz CT molecular complexity index is 1040. The van der Waals surface area contributed by atoms with Gasteiger partial charge in [0.05, 0.1) is 21.4 Å². The molecule has 1 atom stereocenters. The number of halogens is 2. The second kappa shape index (κ2) is 9.69. The minimum atomic E-state index is -0.576. The summed E-state index contributed by atoms with van der Waals surface area (Å²) in [6.45, 7) is 8.10. The number of amides is 2. The van der Waals surface area contributed by atoms with Gasteiger partial charge in [0.15, 0.2) is 5.17 Å². The first-order valence-corrected chi connectivity index (χ1v) is 10.9. The van der Waals surface area contributed by atoms with Crippen LogP contribution in [0.4, 0.5) is 11.4 Å². The highest BCUT2D eigenvalue weighted by atomic mass is 35.5. The molecule has 1 aliphatic rings. The molecule has 1 fully saturated rings. The molecule has 156 valence electrons. The molecule has 0 aliphatic carbocycles. The molecule has 0 aromatic heterocycles. The van der Waals surface area contributed by atoms with Crippen LogP contribution in [-0.4, -0.2) is 33.7 Å². The van der Waals surface area contributed by atoms with Gasteiger partial charge in [-0.25, -0.2) is 4.99 Å². The van der Waals surface area contributed by atoms with Crippen LogP contribution in [-0.2, 0) is 9.59 Å². The summed E-state index contributed by atoms with van der Waals surface area (Å²) in [6.07, 6.45) is 1.63. The third kappa shape index (κ3) is 5.06. The third-order valence-electron chi connectivity index (χ3n) is 4.64. The SMILES string of the molecule is C=CCN1C(=O)C(CC(=O)Nc2cccc(Cl)c2Cl)SC1=Nc1ccc(C)c(C)c1. The topological polar surface area (TPSA) is 61.8 Å². The van der Waals surface area contributed by atoms with Crippen LogP contribution in [0.2, 0.25) is 10.0 Å². The van der Waals surface area contributed by atoms with Crippen molar-refractivity contribution in [2.45, 2.75) is 25.5 Å². The molecule has 0 bridgehead atoms. The average molecular weight is 462 g/mol. The molecule has 1 aliphatic heterocycles. The van der Waals surface area contributed by atoms with Gasteiger partial charge in [-0.15, -0.1) is 6.58 Å². The van der Waals surface area contributed by atoms with E-state index in [1.54, 1.807) is 29.2 Å². The predicted molar refractivity (Wildman–Crippen MR) is 126 cm³/mol. The fourth-order valence-corrected chi connectivity index (χ4v) is 4.41. The molecule has 5 nitrogen and oxygen atoms in total. The molecule has 0 saturated carbocycles. The van der Waals surface area contributed by atoms with Crippen LogP contribution in [0.25, 0.3) is 0 Å². The van der Waals surface area contributed by atoms with Crippen molar-refractivity contribution < 1.29 is 9.59 Å². The van der Waals surface area contributed by atoms with Crippen molar-refractivity contribution in [3.63, 3.8) is 0 Å². The summed E-state index contributed by atoms with van der Waals surface area (Å²) in [5.74, 6) is -0.495. The van der Waals surface area contributed by atoms with Gasteiger partial charge in [0.1, 0.15) is 5.25 Å². The van der Waals surface area contributed by atoms with Crippen LogP contribution in [0.1, 0.15) is 17.5 Å². The summed E-state index contributed by atoms with van der Waals surface area (Å²) in [5, 5.41) is 3.32. The number of aryl methyl sites for hydroxylation is 2. The number of thioether (sulfide) groups is 1. The number of aliphatic imine (C=N–C) groups is 1. The molecule has 2 amide bonds. The number of benzene rings is 2. The highest BCUT2D eigenvalue weighted by Gasteiger charge is 2.38. The van der Waals surface area contributed by atoms with E-state index >= 15 is 0 Å². The van der Waals surface area contributed by atoms with E-state index in [0.29, 0.717) is 22.4 Å². The van der Waals surface area contributed by atoms with Crippen molar-refractivity contribution in [1.82, 2.24) is 4.90 Å². The first-order valence-electron chi connectivity index (χ1n) is 9.29. The maximum atomic E-state index is 12.9. The zero-order chi connectivity index (χ0) is 21.8. The third-order valence-corrected chi connectivity index (χ3v) is 6.64. The minimum absolute atomic E-state index is 0.00801. The Labute approximate surface area is 190 Å². The van der Waals surface area contributed by atoms with Crippen LogP contribution >= 0.6 is 35.0 Å². The van der Waals surface area contributed by atoms with Crippen molar-refractivity contribution in [2.75, 3.05) is 11.9 Å². The number of amidine groups is 1. The van der Waals surface area contributed by atoms with E-state index in [9.17, 15) is 9.59 Å². The highest BCUT2D eigenvalue weighted by molar-refractivity contribution is 8.15. The summed E-state index contributed by atoms with van der Waals surface area (Å²) in [4.78, 5) is 31.6. The molecule has 1 saturated heterocycles. The van der Waals surface area contributed by atoms with E-state index in [0.717, 1.165) is 11.3 Å². The van der Waals surface area contributed by atoms with Crippen molar-refractivity contribution in [2.24, 2.45) is 4.99 Å². The van der Waals surface area contributed by atoms with E-state index in [1.807, 2.05) is 32.0 Å². The van der Waals surface area contributed by atoms with E-state index in [1.165, 1.54) is 17.3 Å². The average Bonchev–Trinajstić information content (AvgIpc) is 2.97. The Morgan fingerprint density at radius 3 is 2.73 bits per heavy atom. The van der Waals surface area contributed by atoms with Gasteiger partial charge in [-0.2, -0.15) is 0 Å². The molecule has 3 rings (SSSR count). The van der Waals surface area contributed by atoms with Crippen molar-refractivity contribution >= 4 is 63.3 Å². The first kappa shape index (κ1) is 22.4. The largest absolute Gasteiger partial charge is 0.325 e. The van der Waals surface area contributed by atoms with Gasteiger partial charge >= 0.3 is 0 Å². The number of rotatable bonds is 6. The van der Waals surface area contributed by atoms with Gasteiger partial charge in [0.2, 0.25) is 11.8 Å². The Balaban J connectivity index is 1.77. The molecule has 30 heavy (non-hydrogen) atoms. The monoisotopic (exact) mass is 461 g/mol. The highest BCUT2D eigenvalue weighted by Crippen LogP contribution is 2.33. The molecular weight excluding hydrogens is 441 g/mol. The lowest BCUT2D eigenvalue weighted by Crippen LogP contribution is -2.33. The quantitative estimate of drug-likeness (QED) is 0.556. The predicted octanol–water partition coefficient (Wildman–Crippen LogP) is 5.76. The van der Waals surface area contributed by atoms with Gasteiger partial charge < -0.3 is 5.32 Å². The van der Waals surface area contributed by atoms with Crippen molar-refractivity contribution in [3.8, 4) is 0 Å². The molecule has 1 heterocycles. The molecule has 0 radical (unpaired) electrons. The lowest BCUT2D eigenvalue weighted by atomic mass is 10.1. The fraction of sp³-hybridized carbons (Fsp3) is 0.227. The first-order chi connectivity index (χ1) is 14.3. The zero-order valence-corrected chi connectivity index (χ0v) is 18.9. The van der Waals surface area contributed by atoms with Gasteiger partial charge in [0, 0.05) is 13.0 Å².